The molecular weight excluding hydrogens is 229 g/mol. The first-order valence-corrected chi connectivity index (χ1v) is 6.91. The molecule has 2 unspecified atom stereocenters. The zero-order valence-corrected chi connectivity index (χ0v) is 9.45. The number of hydrogen-bond acceptors (Lipinski definition) is 3. The highest BCUT2D eigenvalue weighted by Gasteiger charge is 2.51. The van der Waals surface area contributed by atoms with Crippen molar-refractivity contribution in [1.82, 2.24) is 0 Å². The van der Waals surface area contributed by atoms with Crippen LogP contribution in [-0.4, -0.2) is 32.0 Å². The Morgan fingerprint density at radius 2 is 1.94 bits per heavy atom. The third-order valence-electron chi connectivity index (χ3n) is 3.48. The minimum Gasteiger partial charge on any atom is -0.369 e. The van der Waals surface area contributed by atoms with Crippen molar-refractivity contribution in [2.24, 2.45) is 0 Å². The van der Waals surface area contributed by atoms with Crippen LogP contribution in [0.4, 0.5) is 10.1 Å². The van der Waals surface area contributed by atoms with Gasteiger partial charge in [0.25, 0.3) is 0 Å². The van der Waals surface area contributed by atoms with E-state index in [-0.39, 0.29) is 16.3 Å². The van der Waals surface area contributed by atoms with E-state index < -0.39 is 9.84 Å². The van der Waals surface area contributed by atoms with Gasteiger partial charge in [-0.15, -0.1) is 0 Å². The van der Waals surface area contributed by atoms with E-state index in [4.69, 9.17) is 0 Å². The first-order chi connectivity index (χ1) is 7.57. The number of hydrogen-bond donors (Lipinski definition) is 0. The summed E-state index contributed by atoms with van der Waals surface area (Å²) in [7, 11) is -2.85. The molecule has 5 heteroatoms. The Hall–Kier alpha value is -1.10. The number of sulfone groups is 1. The summed E-state index contributed by atoms with van der Waals surface area (Å²) in [5.41, 5.74) is 0.782. The molecule has 3 saturated heterocycles. The Balaban J connectivity index is 1.86. The number of fused-ring (bicyclic) bond motifs is 2. The van der Waals surface area contributed by atoms with Gasteiger partial charge in [0.2, 0.25) is 0 Å². The van der Waals surface area contributed by atoms with Gasteiger partial charge in [-0.25, -0.2) is 12.8 Å². The van der Waals surface area contributed by atoms with Crippen LogP contribution in [0.1, 0.15) is 6.42 Å². The van der Waals surface area contributed by atoms with Gasteiger partial charge in [0.05, 0.1) is 10.5 Å². The van der Waals surface area contributed by atoms with E-state index in [9.17, 15) is 12.8 Å². The molecule has 0 aliphatic carbocycles. The minimum atomic E-state index is -2.85. The van der Waals surface area contributed by atoms with E-state index in [1.807, 2.05) is 11.0 Å². The van der Waals surface area contributed by atoms with Gasteiger partial charge in [-0.05, 0) is 24.6 Å². The quantitative estimate of drug-likeness (QED) is 0.741. The molecule has 3 aliphatic rings. The van der Waals surface area contributed by atoms with Gasteiger partial charge in [0.1, 0.15) is 5.82 Å². The van der Waals surface area contributed by atoms with Crippen LogP contribution >= 0.6 is 0 Å². The van der Waals surface area contributed by atoms with E-state index in [1.165, 1.54) is 12.1 Å². The lowest BCUT2D eigenvalue weighted by molar-refractivity contribution is 0.460. The van der Waals surface area contributed by atoms with Gasteiger partial charge in [-0.1, -0.05) is 6.07 Å². The number of anilines is 1. The average Bonchev–Trinajstić information content (AvgIpc) is 2.29. The molecule has 0 aromatic heterocycles. The summed E-state index contributed by atoms with van der Waals surface area (Å²) in [5, 5.41) is -0.482. The van der Waals surface area contributed by atoms with Crippen LogP contribution in [0.3, 0.4) is 0 Å². The number of piperidine rings is 1. The van der Waals surface area contributed by atoms with Crippen molar-refractivity contribution in [3.05, 3.63) is 30.1 Å². The van der Waals surface area contributed by atoms with Crippen molar-refractivity contribution in [2.75, 3.05) is 18.0 Å². The molecule has 4 rings (SSSR count). The molecule has 2 bridgehead atoms. The van der Waals surface area contributed by atoms with E-state index in [0.717, 1.165) is 12.1 Å². The maximum atomic E-state index is 13.0. The molecule has 3 fully saturated rings. The highest BCUT2D eigenvalue weighted by atomic mass is 32.2. The summed E-state index contributed by atoms with van der Waals surface area (Å²) in [6, 6.07) is 6.32. The highest BCUT2D eigenvalue weighted by Crippen LogP contribution is 2.37. The summed E-state index contributed by atoms with van der Waals surface area (Å²) in [6.07, 6.45) is 0.772. The Kier molecular flexibility index (Phi) is 2.01. The van der Waals surface area contributed by atoms with Crippen LogP contribution in [0.25, 0.3) is 0 Å². The van der Waals surface area contributed by atoms with E-state index >= 15 is 0 Å². The first-order valence-electron chi connectivity index (χ1n) is 5.30. The number of rotatable bonds is 1. The van der Waals surface area contributed by atoms with E-state index in [2.05, 4.69) is 0 Å². The molecular formula is C11H12FNO2S. The second-order valence-corrected chi connectivity index (χ2v) is 6.96. The molecule has 0 amide bonds. The van der Waals surface area contributed by atoms with Crippen LogP contribution in [0.2, 0.25) is 0 Å². The van der Waals surface area contributed by atoms with Gasteiger partial charge in [-0.3, -0.25) is 0 Å². The fourth-order valence-corrected chi connectivity index (χ4v) is 4.48. The van der Waals surface area contributed by atoms with Gasteiger partial charge in [0.15, 0.2) is 9.84 Å². The van der Waals surface area contributed by atoms with Crippen LogP contribution in [0.15, 0.2) is 24.3 Å². The van der Waals surface area contributed by atoms with Crippen molar-refractivity contribution in [3.63, 3.8) is 0 Å². The van der Waals surface area contributed by atoms with Crippen molar-refractivity contribution in [3.8, 4) is 0 Å². The largest absolute Gasteiger partial charge is 0.369 e. The lowest BCUT2D eigenvalue weighted by atomic mass is 10.1. The molecule has 3 heterocycles. The topological polar surface area (TPSA) is 37.4 Å². The van der Waals surface area contributed by atoms with Gasteiger partial charge < -0.3 is 4.90 Å². The van der Waals surface area contributed by atoms with Crippen LogP contribution in [-0.2, 0) is 9.84 Å². The Morgan fingerprint density at radius 1 is 1.25 bits per heavy atom. The van der Waals surface area contributed by atoms with Gasteiger partial charge in [0, 0.05) is 18.8 Å². The maximum Gasteiger partial charge on any atom is 0.159 e. The molecule has 0 saturated carbocycles. The summed E-state index contributed by atoms with van der Waals surface area (Å²) in [6.45, 7) is 1.00. The lowest BCUT2D eigenvalue weighted by Crippen LogP contribution is -2.62. The van der Waals surface area contributed by atoms with Gasteiger partial charge >= 0.3 is 0 Å². The highest BCUT2D eigenvalue weighted by molar-refractivity contribution is 7.94. The second-order valence-electron chi connectivity index (χ2n) is 4.45. The zero-order valence-electron chi connectivity index (χ0n) is 8.64. The smallest absolute Gasteiger partial charge is 0.159 e. The zero-order chi connectivity index (χ0) is 11.3. The van der Waals surface area contributed by atoms with Crippen molar-refractivity contribution in [2.45, 2.75) is 16.9 Å². The third kappa shape index (κ3) is 1.34. The Morgan fingerprint density at radius 3 is 2.50 bits per heavy atom. The van der Waals surface area contributed by atoms with Gasteiger partial charge in [-0.2, -0.15) is 0 Å². The summed E-state index contributed by atoms with van der Waals surface area (Å²) >= 11 is 0. The standard InChI is InChI=1S/C11H12FNO2S/c12-8-2-1-3-9(4-8)13-6-10-5-11(7-13)16(10,14)15/h1-4,10-11H,5-7H2. The molecule has 3 nitrogen and oxygen atoms in total. The molecule has 1 aromatic carbocycles. The third-order valence-corrected chi connectivity index (χ3v) is 6.02. The molecule has 2 atom stereocenters. The fraction of sp³-hybridized carbons (Fsp3) is 0.455. The first kappa shape index (κ1) is 10.1. The number of halogens is 1. The fourth-order valence-electron chi connectivity index (χ4n) is 2.52. The summed E-state index contributed by atoms with van der Waals surface area (Å²) in [4.78, 5) is 1.96. The predicted octanol–water partition coefficient (Wildman–Crippen LogP) is 1.20. The molecule has 86 valence electrons. The Bertz CT molecular complexity index is 511. The number of nitrogens with zero attached hydrogens (tertiary/aromatic N) is 1. The molecule has 3 aliphatic heterocycles. The van der Waals surface area contributed by atoms with Crippen molar-refractivity contribution < 1.29 is 12.8 Å². The lowest BCUT2D eigenvalue weighted by Gasteiger charge is -2.47. The van der Waals surface area contributed by atoms with Crippen molar-refractivity contribution >= 4 is 15.5 Å². The predicted molar refractivity (Wildman–Crippen MR) is 59.7 cm³/mol. The summed E-state index contributed by atoms with van der Waals surface area (Å²) in [5.74, 6) is -0.278. The van der Waals surface area contributed by atoms with E-state index in [1.54, 1.807) is 6.07 Å². The average molecular weight is 241 g/mol. The second kappa shape index (κ2) is 3.20. The summed E-state index contributed by atoms with van der Waals surface area (Å²) < 4.78 is 36.2. The Labute approximate surface area is 93.8 Å². The molecule has 0 spiro atoms. The van der Waals surface area contributed by atoms with Crippen LogP contribution in [0, 0.1) is 5.82 Å². The van der Waals surface area contributed by atoms with E-state index in [0.29, 0.717) is 13.1 Å². The molecule has 1 aromatic rings. The molecule has 0 radical (unpaired) electrons. The van der Waals surface area contributed by atoms with Crippen molar-refractivity contribution in [1.29, 1.82) is 0 Å². The van der Waals surface area contributed by atoms with Crippen LogP contribution in [0.5, 0.6) is 0 Å². The molecule has 16 heavy (non-hydrogen) atoms. The molecule has 0 N–H and O–H groups in total. The SMILES string of the molecule is O=S1(=O)C2CC1CN(c1cccc(F)c1)C2. The van der Waals surface area contributed by atoms with Crippen LogP contribution < -0.4 is 4.90 Å². The normalized spacial score (nSPS) is 30.9. The maximum absolute atomic E-state index is 13.0. The minimum absolute atomic E-state index is 0.241. The monoisotopic (exact) mass is 241 g/mol. The number of benzene rings is 1.